The Morgan fingerprint density at radius 3 is 3.09 bits per heavy atom. The van der Waals surface area contributed by atoms with Crippen LogP contribution in [0, 0.1) is 0 Å². The van der Waals surface area contributed by atoms with Crippen molar-refractivity contribution in [3.63, 3.8) is 0 Å². The van der Waals surface area contributed by atoms with Gasteiger partial charge >= 0.3 is 0 Å². The van der Waals surface area contributed by atoms with Crippen LogP contribution in [0.1, 0.15) is 6.42 Å². The summed E-state index contributed by atoms with van der Waals surface area (Å²) < 4.78 is 2.89. The molecule has 0 bridgehead atoms. The Morgan fingerprint density at radius 1 is 1.43 bits per heavy atom. The lowest BCUT2D eigenvalue weighted by Crippen LogP contribution is -2.34. The van der Waals surface area contributed by atoms with Gasteiger partial charge in [-0.1, -0.05) is 0 Å². The molecule has 23 heavy (non-hydrogen) atoms. The molecule has 0 amide bonds. The lowest BCUT2D eigenvalue weighted by Gasteiger charge is -2.25. The van der Waals surface area contributed by atoms with Gasteiger partial charge in [0.05, 0.1) is 22.1 Å². The largest absolute Gasteiger partial charge is 0.354 e. The molecular formula is C15H19N7S. The second-order valence-corrected chi connectivity index (χ2v) is 6.71. The quantitative estimate of drug-likeness (QED) is 0.762. The predicted molar refractivity (Wildman–Crippen MR) is 93.6 cm³/mol. The van der Waals surface area contributed by atoms with E-state index in [4.69, 9.17) is 4.98 Å². The fourth-order valence-corrected chi connectivity index (χ4v) is 3.76. The summed E-state index contributed by atoms with van der Waals surface area (Å²) in [5.41, 5.74) is 1.86. The number of hydrogen-bond acceptors (Lipinski definition) is 7. The van der Waals surface area contributed by atoms with E-state index in [1.165, 1.54) is 0 Å². The van der Waals surface area contributed by atoms with E-state index in [0.717, 1.165) is 41.2 Å². The fraction of sp³-hybridized carbons (Fsp3) is 0.400. The van der Waals surface area contributed by atoms with Gasteiger partial charge in [0.2, 0.25) is 5.95 Å². The monoisotopic (exact) mass is 329 g/mol. The van der Waals surface area contributed by atoms with Crippen molar-refractivity contribution in [2.45, 2.75) is 12.5 Å². The van der Waals surface area contributed by atoms with E-state index in [1.807, 2.05) is 19.3 Å². The number of thiophene rings is 1. The van der Waals surface area contributed by atoms with Crippen LogP contribution >= 0.6 is 11.3 Å². The molecule has 1 fully saturated rings. The number of likely N-dealkylation sites (N-methyl/N-ethyl adjacent to an activating group) is 1. The summed E-state index contributed by atoms with van der Waals surface area (Å²) in [6.07, 6.45) is 4.82. The lowest BCUT2D eigenvalue weighted by molar-refractivity contribution is 0.680. The zero-order chi connectivity index (χ0) is 15.8. The third kappa shape index (κ3) is 2.75. The van der Waals surface area contributed by atoms with Crippen LogP contribution in [-0.4, -0.2) is 45.9 Å². The molecule has 3 aromatic heterocycles. The number of hydrogen-bond donors (Lipinski definition) is 2. The van der Waals surface area contributed by atoms with Gasteiger partial charge in [-0.2, -0.15) is 10.1 Å². The molecular weight excluding hydrogens is 310 g/mol. The molecule has 0 radical (unpaired) electrons. The summed E-state index contributed by atoms with van der Waals surface area (Å²) in [6, 6.07) is 2.52. The molecule has 1 atom stereocenters. The highest BCUT2D eigenvalue weighted by atomic mass is 32.1. The minimum absolute atomic E-state index is 0.474. The summed E-state index contributed by atoms with van der Waals surface area (Å²) in [4.78, 5) is 11.7. The highest BCUT2D eigenvalue weighted by Crippen LogP contribution is 2.31. The number of nitrogens with zero attached hydrogens (tertiary/aromatic N) is 5. The first-order chi connectivity index (χ1) is 11.2. The van der Waals surface area contributed by atoms with Crippen molar-refractivity contribution in [2.75, 3.05) is 30.4 Å². The Bertz CT molecular complexity index is 818. The maximum absolute atomic E-state index is 4.77. The minimum atomic E-state index is 0.474. The van der Waals surface area contributed by atoms with Crippen LogP contribution in [0.3, 0.4) is 0 Å². The first-order valence-corrected chi connectivity index (χ1v) is 8.53. The second-order valence-electron chi connectivity index (χ2n) is 5.79. The van der Waals surface area contributed by atoms with E-state index in [-0.39, 0.29) is 0 Å². The van der Waals surface area contributed by atoms with Gasteiger partial charge in [-0.25, -0.2) is 4.98 Å². The van der Waals surface area contributed by atoms with Crippen LogP contribution in [0.4, 0.5) is 17.5 Å². The van der Waals surface area contributed by atoms with E-state index in [1.54, 1.807) is 22.2 Å². The van der Waals surface area contributed by atoms with Crippen LogP contribution in [-0.2, 0) is 7.05 Å². The molecule has 4 rings (SSSR count). The van der Waals surface area contributed by atoms with Gasteiger partial charge < -0.3 is 15.5 Å². The number of fused-ring (bicyclic) bond motifs is 1. The first-order valence-electron chi connectivity index (χ1n) is 7.65. The minimum Gasteiger partial charge on any atom is -0.354 e. The van der Waals surface area contributed by atoms with Gasteiger partial charge in [-0.05, 0) is 24.4 Å². The second kappa shape index (κ2) is 5.78. The maximum atomic E-state index is 4.77. The van der Waals surface area contributed by atoms with Gasteiger partial charge in [-0.15, -0.1) is 11.3 Å². The summed E-state index contributed by atoms with van der Waals surface area (Å²) in [5.74, 6) is 1.60. The third-order valence-electron chi connectivity index (χ3n) is 4.16. The van der Waals surface area contributed by atoms with Crippen molar-refractivity contribution in [2.24, 2.45) is 7.05 Å². The molecule has 2 N–H and O–H groups in total. The van der Waals surface area contributed by atoms with Crippen LogP contribution in [0.5, 0.6) is 0 Å². The Morgan fingerprint density at radius 2 is 2.35 bits per heavy atom. The third-order valence-corrected chi connectivity index (χ3v) is 5.06. The highest BCUT2D eigenvalue weighted by molar-refractivity contribution is 7.17. The summed E-state index contributed by atoms with van der Waals surface area (Å²) in [6.45, 7) is 2.06. The van der Waals surface area contributed by atoms with Crippen LogP contribution in [0.25, 0.3) is 10.2 Å². The Labute approximate surface area is 138 Å². The number of nitrogens with one attached hydrogen (secondary N) is 2. The topological polar surface area (TPSA) is 70.9 Å². The lowest BCUT2D eigenvalue weighted by atomic mass is 10.2. The van der Waals surface area contributed by atoms with Gasteiger partial charge in [0.1, 0.15) is 0 Å². The zero-order valence-corrected chi connectivity index (χ0v) is 14.0. The maximum Gasteiger partial charge on any atom is 0.229 e. The Balaban J connectivity index is 1.71. The zero-order valence-electron chi connectivity index (χ0n) is 13.2. The average Bonchev–Trinajstić information content (AvgIpc) is 3.26. The molecule has 1 aliphatic heterocycles. The van der Waals surface area contributed by atoms with E-state index >= 15 is 0 Å². The SMILES string of the molecule is CN(c1nc(Nc2cnn(C)c2)nc2ccsc12)C1CCNC1. The van der Waals surface area contributed by atoms with Crippen LogP contribution in [0.15, 0.2) is 23.8 Å². The molecule has 4 heterocycles. The molecule has 8 heteroatoms. The number of aryl methyl sites for hydroxylation is 1. The molecule has 3 aromatic rings. The Hall–Kier alpha value is -2.19. The van der Waals surface area contributed by atoms with Gasteiger partial charge in [0.15, 0.2) is 5.82 Å². The average molecular weight is 329 g/mol. The summed E-state index contributed by atoms with van der Waals surface area (Å²) in [5, 5.41) is 12.9. The van der Waals surface area contributed by atoms with Crippen molar-refractivity contribution in [3.05, 3.63) is 23.8 Å². The smallest absolute Gasteiger partial charge is 0.229 e. The summed E-state index contributed by atoms with van der Waals surface area (Å²) in [7, 11) is 4.01. The predicted octanol–water partition coefficient (Wildman–Crippen LogP) is 1.97. The standard InChI is InChI=1S/C15H19N7S/c1-21-9-10(7-17-21)18-15-19-12-4-6-23-13(12)14(20-15)22(2)11-3-5-16-8-11/h4,6-7,9,11,16H,3,5,8H2,1-2H3,(H,18,19,20). The van der Waals surface area contributed by atoms with Gasteiger partial charge in [-0.3, -0.25) is 4.68 Å². The van der Waals surface area contributed by atoms with E-state index in [0.29, 0.717) is 12.0 Å². The molecule has 0 aliphatic carbocycles. The van der Waals surface area contributed by atoms with Crippen molar-refractivity contribution in [1.82, 2.24) is 25.1 Å². The molecule has 0 saturated carbocycles. The number of aromatic nitrogens is 4. The number of anilines is 3. The first kappa shape index (κ1) is 14.4. The van der Waals surface area contributed by atoms with Gasteiger partial charge in [0, 0.05) is 32.9 Å². The molecule has 0 spiro atoms. The van der Waals surface area contributed by atoms with Crippen molar-refractivity contribution in [3.8, 4) is 0 Å². The van der Waals surface area contributed by atoms with E-state index in [9.17, 15) is 0 Å². The summed E-state index contributed by atoms with van der Waals surface area (Å²) >= 11 is 1.69. The van der Waals surface area contributed by atoms with E-state index in [2.05, 4.69) is 38.0 Å². The normalized spacial score (nSPS) is 17.7. The molecule has 1 saturated heterocycles. The molecule has 7 nitrogen and oxygen atoms in total. The molecule has 1 unspecified atom stereocenters. The van der Waals surface area contributed by atoms with Crippen molar-refractivity contribution < 1.29 is 0 Å². The van der Waals surface area contributed by atoms with Gasteiger partial charge in [0.25, 0.3) is 0 Å². The van der Waals surface area contributed by atoms with Crippen LogP contribution in [0.2, 0.25) is 0 Å². The molecule has 120 valence electrons. The van der Waals surface area contributed by atoms with E-state index < -0.39 is 0 Å². The highest BCUT2D eigenvalue weighted by Gasteiger charge is 2.23. The van der Waals surface area contributed by atoms with Crippen LogP contribution < -0.4 is 15.5 Å². The number of rotatable bonds is 4. The Kier molecular flexibility index (Phi) is 3.62. The van der Waals surface area contributed by atoms with Crippen molar-refractivity contribution >= 4 is 39.0 Å². The molecule has 1 aliphatic rings. The molecule has 0 aromatic carbocycles. The fourth-order valence-electron chi connectivity index (χ4n) is 2.90. The van der Waals surface area contributed by atoms with Crippen molar-refractivity contribution in [1.29, 1.82) is 0 Å².